The van der Waals surface area contributed by atoms with Gasteiger partial charge in [-0.1, -0.05) is 30.3 Å². The fourth-order valence-corrected chi connectivity index (χ4v) is 4.62. The lowest BCUT2D eigenvalue weighted by molar-refractivity contribution is 0.0673. The highest BCUT2D eigenvalue weighted by Gasteiger charge is 2.29. The van der Waals surface area contributed by atoms with Crippen LogP contribution in [0.5, 0.6) is 5.75 Å². The van der Waals surface area contributed by atoms with Crippen LogP contribution >= 0.6 is 11.8 Å². The van der Waals surface area contributed by atoms with E-state index >= 15 is 0 Å². The molecule has 3 rings (SSSR count). The predicted octanol–water partition coefficient (Wildman–Crippen LogP) is 3.75. The monoisotopic (exact) mass is 372 g/mol. The van der Waals surface area contributed by atoms with Gasteiger partial charge < -0.3 is 14.5 Å². The van der Waals surface area contributed by atoms with Crippen molar-refractivity contribution in [1.29, 1.82) is 0 Å². The van der Waals surface area contributed by atoms with Gasteiger partial charge in [0.15, 0.2) is 0 Å². The summed E-state index contributed by atoms with van der Waals surface area (Å²) in [6, 6.07) is 12.3. The van der Waals surface area contributed by atoms with Crippen LogP contribution in [0.2, 0.25) is 0 Å². The van der Waals surface area contributed by atoms with Crippen molar-refractivity contribution < 1.29 is 9.53 Å². The van der Waals surface area contributed by atoms with Crippen LogP contribution in [0.25, 0.3) is 10.8 Å². The Morgan fingerprint density at radius 3 is 2.85 bits per heavy atom. The van der Waals surface area contributed by atoms with Crippen molar-refractivity contribution in [1.82, 2.24) is 9.80 Å². The number of carbonyl (C=O) groups is 1. The molecule has 4 nitrogen and oxygen atoms in total. The number of likely N-dealkylation sites (N-methyl/N-ethyl adjacent to an activating group) is 1. The van der Waals surface area contributed by atoms with Crippen LogP contribution in [0, 0.1) is 0 Å². The SMILES string of the molecule is CCOc1ccc2ccccc2c1C(=O)N1CCCSCC1CN(C)C. The number of rotatable bonds is 5. The molecule has 1 aliphatic heterocycles. The summed E-state index contributed by atoms with van der Waals surface area (Å²) in [7, 11) is 4.14. The molecule has 0 saturated carbocycles. The molecule has 0 spiro atoms. The summed E-state index contributed by atoms with van der Waals surface area (Å²) in [5.41, 5.74) is 0.709. The quantitative estimate of drug-likeness (QED) is 0.800. The Labute approximate surface area is 160 Å². The number of amides is 1. The predicted molar refractivity (Wildman–Crippen MR) is 110 cm³/mol. The Hall–Kier alpha value is -1.72. The number of thioether (sulfide) groups is 1. The van der Waals surface area contributed by atoms with Crippen molar-refractivity contribution in [2.24, 2.45) is 0 Å². The van der Waals surface area contributed by atoms with Gasteiger partial charge in [0, 0.05) is 18.8 Å². The van der Waals surface area contributed by atoms with E-state index in [2.05, 4.69) is 30.0 Å². The van der Waals surface area contributed by atoms with Gasteiger partial charge in [0.05, 0.1) is 18.2 Å². The smallest absolute Gasteiger partial charge is 0.258 e. The molecule has 140 valence electrons. The first-order valence-electron chi connectivity index (χ1n) is 9.29. The van der Waals surface area contributed by atoms with Crippen molar-refractivity contribution in [3.05, 3.63) is 42.0 Å². The molecule has 2 aromatic carbocycles. The third-order valence-corrected chi connectivity index (χ3v) is 5.88. The number of nitrogens with zero attached hydrogens (tertiary/aromatic N) is 2. The molecule has 1 fully saturated rings. The van der Waals surface area contributed by atoms with Gasteiger partial charge >= 0.3 is 0 Å². The van der Waals surface area contributed by atoms with E-state index in [1.54, 1.807) is 0 Å². The van der Waals surface area contributed by atoms with Gasteiger partial charge in [0.2, 0.25) is 0 Å². The second-order valence-electron chi connectivity index (χ2n) is 6.94. The van der Waals surface area contributed by atoms with Crippen LogP contribution in [0.15, 0.2) is 36.4 Å². The third kappa shape index (κ3) is 4.15. The second-order valence-corrected chi connectivity index (χ2v) is 8.09. The van der Waals surface area contributed by atoms with Gasteiger partial charge in [-0.3, -0.25) is 4.79 Å². The standard InChI is InChI=1S/C21H28N2O2S/c1-4-25-19-11-10-16-8-5-6-9-18(16)20(19)21(24)23-12-7-13-26-15-17(23)14-22(2)3/h5-6,8-11,17H,4,7,12-15H2,1-3H3. The van der Waals surface area contributed by atoms with Crippen LogP contribution < -0.4 is 4.74 Å². The Morgan fingerprint density at radius 1 is 1.27 bits per heavy atom. The summed E-state index contributed by atoms with van der Waals surface area (Å²) in [4.78, 5) is 17.9. The van der Waals surface area contributed by atoms with Gasteiger partial charge in [-0.15, -0.1) is 0 Å². The zero-order chi connectivity index (χ0) is 18.5. The van der Waals surface area contributed by atoms with Crippen LogP contribution in [0.1, 0.15) is 23.7 Å². The molecule has 5 heteroatoms. The Morgan fingerprint density at radius 2 is 2.08 bits per heavy atom. The highest BCUT2D eigenvalue weighted by atomic mass is 32.2. The van der Waals surface area contributed by atoms with Crippen molar-refractivity contribution in [3.63, 3.8) is 0 Å². The van der Waals surface area contributed by atoms with Crippen molar-refractivity contribution in [3.8, 4) is 5.75 Å². The lowest BCUT2D eigenvalue weighted by atomic mass is 10.0. The van der Waals surface area contributed by atoms with Crippen LogP contribution in [-0.4, -0.2) is 67.0 Å². The Kier molecular flexibility index (Phi) is 6.43. The molecule has 1 aliphatic rings. The highest BCUT2D eigenvalue weighted by Crippen LogP contribution is 2.31. The minimum atomic E-state index is 0.0969. The zero-order valence-electron chi connectivity index (χ0n) is 15.9. The van der Waals surface area contributed by atoms with Crippen LogP contribution in [0.3, 0.4) is 0 Å². The molecule has 2 aromatic rings. The van der Waals surface area contributed by atoms with E-state index in [4.69, 9.17) is 4.74 Å². The highest BCUT2D eigenvalue weighted by molar-refractivity contribution is 7.99. The second kappa shape index (κ2) is 8.78. The van der Waals surface area contributed by atoms with Crippen LogP contribution in [-0.2, 0) is 0 Å². The van der Waals surface area contributed by atoms with Crippen LogP contribution in [0.4, 0.5) is 0 Å². The minimum Gasteiger partial charge on any atom is -0.493 e. The molecular weight excluding hydrogens is 344 g/mol. The molecule has 1 heterocycles. The van der Waals surface area contributed by atoms with E-state index in [0.717, 1.165) is 41.8 Å². The summed E-state index contributed by atoms with van der Waals surface area (Å²) in [6.07, 6.45) is 1.04. The number of hydrogen-bond donors (Lipinski definition) is 0. The van der Waals surface area contributed by atoms with E-state index in [1.807, 2.05) is 49.0 Å². The average molecular weight is 373 g/mol. The number of fused-ring (bicyclic) bond motifs is 1. The van der Waals surface area contributed by atoms with Gasteiger partial charge in [-0.25, -0.2) is 0 Å². The summed E-state index contributed by atoms with van der Waals surface area (Å²) in [6.45, 7) is 4.20. The topological polar surface area (TPSA) is 32.8 Å². The van der Waals surface area contributed by atoms with Gasteiger partial charge in [0.25, 0.3) is 5.91 Å². The normalized spacial score (nSPS) is 18.2. The molecular formula is C21H28N2O2S. The molecule has 0 N–H and O–H groups in total. The van der Waals surface area contributed by atoms with E-state index in [9.17, 15) is 4.79 Å². The van der Waals surface area contributed by atoms with Crippen molar-refractivity contribution in [2.45, 2.75) is 19.4 Å². The first-order chi connectivity index (χ1) is 12.6. The molecule has 1 amide bonds. The summed E-state index contributed by atoms with van der Waals surface area (Å²) in [5.74, 6) is 2.89. The number of benzene rings is 2. The van der Waals surface area contributed by atoms with Crippen molar-refractivity contribution >= 4 is 28.4 Å². The number of carbonyl (C=O) groups excluding carboxylic acids is 1. The molecule has 0 aliphatic carbocycles. The van der Waals surface area contributed by atoms with E-state index in [1.165, 1.54) is 0 Å². The van der Waals surface area contributed by atoms with Gasteiger partial charge in [-0.05, 0) is 50.0 Å². The first-order valence-corrected chi connectivity index (χ1v) is 10.4. The summed E-state index contributed by atoms with van der Waals surface area (Å²) in [5, 5.41) is 2.05. The lowest BCUT2D eigenvalue weighted by Gasteiger charge is -2.32. The Balaban J connectivity index is 2.05. The Bertz CT molecular complexity index is 763. The average Bonchev–Trinajstić information content (AvgIpc) is 2.86. The third-order valence-electron chi connectivity index (χ3n) is 4.68. The van der Waals surface area contributed by atoms with Crippen molar-refractivity contribution in [2.75, 3.05) is 45.3 Å². The van der Waals surface area contributed by atoms with E-state index in [-0.39, 0.29) is 11.9 Å². The molecule has 1 unspecified atom stereocenters. The first kappa shape index (κ1) is 19.1. The number of ether oxygens (including phenoxy) is 1. The van der Waals surface area contributed by atoms with E-state index < -0.39 is 0 Å². The molecule has 0 bridgehead atoms. The molecule has 0 aromatic heterocycles. The van der Waals surface area contributed by atoms with Gasteiger partial charge in [-0.2, -0.15) is 11.8 Å². The maximum Gasteiger partial charge on any atom is 0.258 e. The van der Waals surface area contributed by atoms with E-state index in [0.29, 0.717) is 17.9 Å². The minimum absolute atomic E-state index is 0.0969. The fraction of sp³-hybridized carbons (Fsp3) is 0.476. The molecule has 26 heavy (non-hydrogen) atoms. The maximum absolute atomic E-state index is 13.7. The number of hydrogen-bond acceptors (Lipinski definition) is 4. The zero-order valence-corrected chi connectivity index (χ0v) is 16.7. The summed E-state index contributed by atoms with van der Waals surface area (Å²) < 4.78 is 5.84. The maximum atomic E-state index is 13.7. The van der Waals surface area contributed by atoms with Gasteiger partial charge in [0.1, 0.15) is 5.75 Å². The largest absolute Gasteiger partial charge is 0.493 e. The molecule has 0 radical (unpaired) electrons. The summed E-state index contributed by atoms with van der Waals surface area (Å²) >= 11 is 1.95. The molecule has 1 saturated heterocycles. The fourth-order valence-electron chi connectivity index (χ4n) is 3.56. The lowest BCUT2D eigenvalue weighted by Crippen LogP contribution is -2.46. The molecule has 1 atom stereocenters.